The normalized spacial score (nSPS) is 38.1. The van der Waals surface area contributed by atoms with Gasteiger partial charge in [-0.05, 0) is 60.6 Å². The van der Waals surface area contributed by atoms with Crippen molar-refractivity contribution in [3.05, 3.63) is 29.8 Å². The summed E-state index contributed by atoms with van der Waals surface area (Å²) in [5.74, 6) is 4.12. The molecule has 4 unspecified atom stereocenters. The minimum Gasteiger partial charge on any atom is -0.326 e. The van der Waals surface area contributed by atoms with E-state index in [2.05, 4.69) is 5.32 Å². The Kier molecular flexibility index (Phi) is 2.63. The number of fused-ring (bicyclic) bond motifs is 5. The van der Waals surface area contributed by atoms with Gasteiger partial charge in [-0.1, -0.05) is 12.1 Å². The molecular formula is C16H18ClNO. The number of hydrogen-bond donors (Lipinski definition) is 1. The summed E-state index contributed by atoms with van der Waals surface area (Å²) >= 11 is 5.82. The predicted molar refractivity (Wildman–Crippen MR) is 75.9 cm³/mol. The molecular weight excluding hydrogens is 258 g/mol. The molecule has 3 aliphatic rings. The molecule has 19 heavy (non-hydrogen) atoms. The molecule has 1 aromatic rings. The van der Waals surface area contributed by atoms with Gasteiger partial charge < -0.3 is 5.32 Å². The monoisotopic (exact) mass is 275 g/mol. The second-order valence-electron chi connectivity index (χ2n) is 6.34. The molecule has 2 nitrogen and oxygen atoms in total. The van der Waals surface area contributed by atoms with Crippen LogP contribution in [-0.4, -0.2) is 5.91 Å². The Labute approximate surface area is 118 Å². The number of nitrogens with one attached hydrogen (secondary N) is 1. The van der Waals surface area contributed by atoms with Gasteiger partial charge in [-0.3, -0.25) is 4.79 Å². The van der Waals surface area contributed by atoms with Crippen LogP contribution in [-0.2, 0) is 10.7 Å². The van der Waals surface area contributed by atoms with Crippen LogP contribution in [0.1, 0.15) is 24.8 Å². The first kappa shape index (κ1) is 11.8. The van der Waals surface area contributed by atoms with E-state index in [9.17, 15) is 4.79 Å². The van der Waals surface area contributed by atoms with Crippen LogP contribution in [0.5, 0.6) is 0 Å². The van der Waals surface area contributed by atoms with Crippen LogP contribution in [0.2, 0.25) is 0 Å². The maximum atomic E-state index is 12.4. The first-order valence-corrected chi connectivity index (χ1v) is 7.77. The van der Waals surface area contributed by atoms with Gasteiger partial charge in [0.15, 0.2) is 0 Å². The molecule has 0 heterocycles. The summed E-state index contributed by atoms with van der Waals surface area (Å²) in [6.45, 7) is 0. The molecule has 1 aromatic carbocycles. The molecule has 3 saturated carbocycles. The molecule has 0 spiro atoms. The Bertz CT molecular complexity index is 513. The van der Waals surface area contributed by atoms with Crippen molar-refractivity contribution in [2.45, 2.75) is 25.1 Å². The van der Waals surface area contributed by atoms with Gasteiger partial charge in [0.05, 0.1) is 0 Å². The number of carbonyl (C=O) groups excluding carboxylic acids is 1. The number of benzene rings is 1. The SMILES string of the molecule is O=C(Nc1cccc(CCl)c1)C1C2C3CCC(C3)C12. The summed E-state index contributed by atoms with van der Waals surface area (Å²) in [5, 5.41) is 3.08. The van der Waals surface area contributed by atoms with Crippen LogP contribution < -0.4 is 5.32 Å². The second-order valence-corrected chi connectivity index (χ2v) is 6.60. The van der Waals surface area contributed by atoms with E-state index in [1.165, 1.54) is 19.3 Å². The fourth-order valence-electron chi connectivity index (χ4n) is 4.63. The van der Waals surface area contributed by atoms with E-state index >= 15 is 0 Å². The van der Waals surface area contributed by atoms with Crippen molar-refractivity contribution < 1.29 is 4.79 Å². The third kappa shape index (κ3) is 1.80. The predicted octanol–water partition coefficient (Wildman–Crippen LogP) is 3.66. The van der Waals surface area contributed by atoms with Crippen LogP contribution in [0, 0.1) is 29.6 Å². The van der Waals surface area contributed by atoms with Crippen molar-refractivity contribution in [2.75, 3.05) is 5.32 Å². The smallest absolute Gasteiger partial charge is 0.228 e. The Morgan fingerprint density at radius 1 is 1.26 bits per heavy atom. The Morgan fingerprint density at radius 3 is 2.68 bits per heavy atom. The first-order chi connectivity index (χ1) is 9.28. The van der Waals surface area contributed by atoms with Crippen molar-refractivity contribution in [3.8, 4) is 0 Å². The summed E-state index contributed by atoms with van der Waals surface area (Å²) in [6, 6.07) is 7.85. The fourth-order valence-corrected chi connectivity index (χ4v) is 4.80. The van der Waals surface area contributed by atoms with Gasteiger partial charge >= 0.3 is 0 Å². The highest BCUT2D eigenvalue weighted by Gasteiger charge is 2.67. The number of hydrogen-bond acceptors (Lipinski definition) is 1. The van der Waals surface area contributed by atoms with E-state index < -0.39 is 0 Å². The second kappa shape index (κ2) is 4.24. The molecule has 2 bridgehead atoms. The van der Waals surface area contributed by atoms with E-state index in [4.69, 9.17) is 11.6 Å². The van der Waals surface area contributed by atoms with Gasteiger partial charge in [0, 0.05) is 17.5 Å². The largest absolute Gasteiger partial charge is 0.326 e. The minimum absolute atomic E-state index is 0.235. The zero-order valence-electron chi connectivity index (χ0n) is 10.8. The lowest BCUT2D eigenvalue weighted by atomic mass is 10.0. The minimum atomic E-state index is 0.235. The quantitative estimate of drug-likeness (QED) is 0.838. The van der Waals surface area contributed by atoms with Crippen molar-refractivity contribution in [1.82, 2.24) is 0 Å². The molecule has 4 atom stereocenters. The van der Waals surface area contributed by atoms with Gasteiger partial charge in [0.1, 0.15) is 0 Å². The zero-order valence-corrected chi connectivity index (χ0v) is 11.6. The first-order valence-electron chi connectivity index (χ1n) is 7.23. The lowest BCUT2D eigenvalue weighted by Crippen LogP contribution is -2.18. The van der Waals surface area contributed by atoms with Gasteiger partial charge in [0.25, 0.3) is 0 Å². The van der Waals surface area contributed by atoms with Crippen molar-refractivity contribution in [2.24, 2.45) is 29.6 Å². The van der Waals surface area contributed by atoms with E-state index in [-0.39, 0.29) is 5.91 Å². The highest BCUT2D eigenvalue weighted by molar-refractivity contribution is 6.17. The summed E-state index contributed by atoms with van der Waals surface area (Å²) in [7, 11) is 0. The van der Waals surface area contributed by atoms with Gasteiger partial charge in [-0.15, -0.1) is 11.6 Å². The number of amides is 1. The standard InChI is InChI=1S/C16H18ClNO/c17-8-9-2-1-3-12(6-9)18-16(19)15-13-10-4-5-11(7-10)14(13)15/h1-3,6,10-11,13-15H,4-5,7-8H2,(H,18,19). The lowest BCUT2D eigenvalue weighted by Gasteiger charge is -2.10. The number of halogens is 1. The van der Waals surface area contributed by atoms with E-state index in [0.717, 1.165) is 23.1 Å². The van der Waals surface area contributed by atoms with Crippen LogP contribution in [0.15, 0.2) is 24.3 Å². The highest BCUT2D eigenvalue weighted by atomic mass is 35.5. The van der Waals surface area contributed by atoms with Crippen LogP contribution in [0.25, 0.3) is 0 Å². The van der Waals surface area contributed by atoms with E-state index in [1.807, 2.05) is 24.3 Å². The molecule has 3 heteroatoms. The summed E-state index contributed by atoms with van der Waals surface area (Å²) in [5.41, 5.74) is 1.94. The fraction of sp³-hybridized carbons (Fsp3) is 0.562. The molecule has 0 aliphatic heterocycles. The Hall–Kier alpha value is -1.02. The maximum absolute atomic E-state index is 12.4. The van der Waals surface area contributed by atoms with E-state index in [0.29, 0.717) is 23.6 Å². The molecule has 0 saturated heterocycles. The van der Waals surface area contributed by atoms with Gasteiger partial charge in [0.2, 0.25) is 5.91 Å². The molecule has 4 rings (SSSR count). The van der Waals surface area contributed by atoms with Crippen LogP contribution in [0.4, 0.5) is 5.69 Å². The molecule has 0 aromatic heterocycles. The number of alkyl halides is 1. The molecule has 1 amide bonds. The molecule has 3 fully saturated rings. The van der Waals surface area contributed by atoms with Crippen molar-refractivity contribution in [3.63, 3.8) is 0 Å². The van der Waals surface area contributed by atoms with Crippen LogP contribution >= 0.6 is 11.6 Å². The average Bonchev–Trinajstić information content (AvgIpc) is 2.88. The Morgan fingerprint density at radius 2 is 2.00 bits per heavy atom. The van der Waals surface area contributed by atoms with E-state index in [1.54, 1.807) is 0 Å². The third-order valence-corrected chi connectivity index (χ3v) is 5.70. The maximum Gasteiger partial charge on any atom is 0.228 e. The van der Waals surface area contributed by atoms with Crippen molar-refractivity contribution >= 4 is 23.2 Å². The third-order valence-electron chi connectivity index (χ3n) is 5.39. The highest BCUT2D eigenvalue weighted by Crippen LogP contribution is 2.69. The van der Waals surface area contributed by atoms with Crippen LogP contribution in [0.3, 0.4) is 0 Å². The summed E-state index contributed by atoms with van der Waals surface area (Å²) in [6.07, 6.45) is 4.11. The van der Waals surface area contributed by atoms with Gasteiger partial charge in [-0.25, -0.2) is 0 Å². The number of rotatable bonds is 3. The molecule has 3 aliphatic carbocycles. The van der Waals surface area contributed by atoms with Crippen molar-refractivity contribution in [1.29, 1.82) is 0 Å². The van der Waals surface area contributed by atoms with Gasteiger partial charge in [-0.2, -0.15) is 0 Å². The number of carbonyl (C=O) groups is 1. The molecule has 100 valence electrons. The molecule has 1 N–H and O–H groups in total. The zero-order chi connectivity index (χ0) is 13.0. The topological polar surface area (TPSA) is 29.1 Å². The molecule has 0 radical (unpaired) electrons. The summed E-state index contributed by atoms with van der Waals surface area (Å²) < 4.78 is 0. The summed E-state index contributed by atoms with van der Waals surface area (Å²) in [4.78, 5) is 12.4. The number of anilines is 1. The lowest BCUT2D eigenvalue weighted by molar-refractivity contribution is -0.118. The Balaban J connectivity index is 1.45. The average molecular weight is 276 g/mol.